The maximum Gasteiger partial charge on any atom is 0.490 e. The molecule has 0 amide bonds. The Morgan fingerprint density at radius 2 is 1.74 bits per heavy atom. The van der Waals surface area contributed by atoms with Crippen LogP contribution >= 0.6 is 23.1 Å². The van der Waals surface area contributed by atoms with E-state index in [2.05, 4.69) is 0 Å². The molecule has 0 fully saturated rings. The summed E-state index contributed by atoms with van der Waals surface area (Å²) in [5, 5.41) is 14.7. The summed E-state index contributed by atoms with van der Waals surface area (Å²) in [6.07, 6.45) is -3.28. The number of benzene rings is 2. The van der Waals surface area contributed by atoms with Crippen LogP contribution in [0.25, 0.3) is 11.1 Å². The molecule has 0 aliphatic carbocycles. The predicted molar refractivity (Wildman–Crippen MR) is 124 cm³/mol. The van der Waals surface area contributed by atoms with Crippen LogP contribution in [0.15, 0.2) is 62.5 Å². The molecule has 0 spiro atoms. The average molecular weight is 547 g/mol. The zero-order valence-electron chi connectivity index (χ0n) is 17.8. The summed E-state index contributed by atoms with van der Waals surface area (Å²) in [5.74, 6) is -1.59. The zero-order valence-corrected chi connectivity index (χ0v) is 20.2. The van der Waals surface area contributed by atoms with E-state index in [9.17, 15) is 21.6 Å². The third-order valence-electron chi connectivity index (χ3n) is 4.50. The van der Waals surface area contributed by atoms with Crippen LogP contribution in [0, 0.1) is 5.41 Å². The number of carboxylic acids is 1. The monoisotopic (exact) mass is 546 g/mol. The molecule has 4 N–H and O–H groups in total. The van der Waals surface area contributed by atoms with Gasteiger partial charge >= 0.3 is 12.1 Å². The number of aliphatic carboxylic acids is 1. The van der Waals surface area contributed by atoms with Gasteiger partial charge in [-0.2, -0.15) is 13.2 Å². The van der Waals surface area contributed by atoms with Crippen molar-refractivity contribution in [2.24, 2.45) is 5.73 Å². The van der Waals surface area contributed by atoms with Gasteiger partial charge < -0.3 is 20.3 Å². The van der Waals surface area contributed by atoms with Crippen LogP contribution in [0.3, 0.4) is 0 Å². The van der Waals surface area contributed by atoms with Crippen LogP contribution in [-0.4, -0.2) is 44.6 Å². The summed E-state index contributed by atoms with van der Waals surface area (Å²) in [6, 6.07) is 13.8. The molecule has 35 heavy (non-hydrogen) atoms. The van der Waals surface area contributed by atoms with Crippen molar-refractivity contribution in [1.29, 1.82) is 5.41 Å². The van der Waals surface area contributed by atoms with Crippen LogP contribution in [0.4, 0.5) is 13.2 Å². The molecule has 14 heteroatoms. The van der Waals surface area contributed by atoms with Gasteiger partial charge in [0.15, 0.2) is 11.5 Å². The number of alkyl halides is 3. The fraction of sp³-hybridized carbons (Fsp3) is 0.143. The summed E-state index contributed by atoms with van der Waals surface area (Å²) in [4.78, 5) is 9.70. The third kappa shape index (κ3) is 5.89. The number of carbonyl (C=O) groups is 1. The van der Waals surface area contributed by atoms with Crippen molar-refractivity contribution in [3.05, 3.63) is 53.4 Å². The number of nitrogens with two attached hydrogens (primary N) is 1. The Bertz CT molecular complexity index is 1390. The van der Waals surface area contributed by atoms with Gasteiger partial charge in [-0.05, 0) is 47.7 Å². The highest BCUT2D eigenvalue weighted by molar-refractivity contribution is 8.01. The lowest BCUT2D eigenvalue weighted by atomic mass is 10.1. The van der Waals surface area contributed by atoms with E-state index in [0.717, 1.165) is 11.1 Å². The number of sulfone groups is 1. The highest BCUT2D eigenvalue weighted by Crippen LogP contribution is 2.39. The minimum Gasteiger partial charge on any atom is -0.475 e. The first kappa shape index (κ1) is 26.4. The number of nitrogen functional groups attached to an aromatic ring is 1. The first-order chi connectivity index (χ1) is 16.3. The van der Waals surface area contributed by atoms with Crippen molar-refractivity contribution in [3.8, 4) is 22.6 Å². The zero-order chi connectivity index (χ0) is 26.0. The summed E-state index contributed by atoms with van der Waals surface area (Å²) >= 11 is 2.53. The number of carboxylic acid groups (broad SMARTS) is 1. The Kier molecular flexibility index (Phi) is 7.67. The fourth-order valence-electron chi connectivity index (χ4n) is 2.87. The van der Waals surface area contributed by atoms with Gasteiger partial charge in [0.2, 0.25) is 16.6 Å². The molecule has 2 heterocycles. The van der Waals surface area contributed by atoms with Crippen molar-refractivity contribution in [3.63, 3.8) is 0 Å². The lowest BCUT2D eigenvalue weighted by Crippen LogP contribution is -2.21. The van der Waals surface area contributed by atoms with Crippen LogP contribution in [0.2, 0.25) is 0 Å². The van der Waals surface area contributed by atoms with E-state index < -0.39 is 22.0 Å². The standard InChI is InChI=1S/C19H16N2O4S3.C2HF3O2/c1-26-19-17(9-16(27-19)18(20)21)28(22,23)13-4-2-3-11(7-13)12-5-6-14-15(8-12)25-10-24-14;3-2(4,5)1(6)7/h2-9H,10H2,1H3,(H3,20,21);(H,6,7). The number of amidine groups is 1. The SMILES string of the molecule is CSc1sc(C(=N)N)cc1S(=O)(=O)c1cccc(-c2ccc3c(c2)OCO3)c1.O=C(O)C(F)(F)F. The van der Waals surface area contributed by atoms with Gasteiger partial charge in [-0.3, -0.25) is 5.41 Å². The van der Waals surface area contributed by atoms with Crippen LogP contribution in [0.1, 0.15) is 4.88 Å². The van der Waals surface area contributed by atoms with Gasteiger partial charge in [0, 0.05) is 0 Å². The molecule has 0 radical (unpaired) electrons. The molecule has 0 atom stereocenters. The Balaban J connectivity index is 0.000000429. The highest BCUT2D eigenvalue weighted by atomic mass is 32.2. The maximum atomic E-state index is 13.3. The molecule has 4 rings (SSSR count). The Hall–Kier alpha value is -3.23. The van der Waals surface area contributed by atoms with E-state index in [1.54, 1.807) is 24.5 Å². The number of rotatable bonds is 5. The second-order valence-corrected chi connectivity index (χ2v) is 10.8. The van der Waals surface area contributed by atoms with Crippen molar-refractivity contribution < 1.29 is 41.0 Å². The summed E-state index contributed by atoms with van der Waals surface area (Å²) in [6.45, 7) is 0.182. The lowest BCUT2D eigenvalue weighted by Gasteiger charge is -2.08. The average Bonchev–Trinajstić information content (AvgIpc) is 3.46. The minimum atomic E-state index is -5.08. The molecule has 0 bridgehead atoms. The Labute approximate surface area is 205 Å². The minimum absolute atomic E-state index is 0.143. The molecule has 1 aliphatic heterocycles. The number of hydrogen-bond acceptors (Lipinski definition) is 8. The molecule has 0 saturated heterocycles. The van der Waals surface area contributed by atoms with Gasteiger partial charge in [-0.25, -0.2) is 13.2 Å². The van der Waals surface area contributed by atoms with Gasteiger partial charge in [0.25, 0.3) is 0 Å². The van der Waals surface area contributed by atoms with Crippen LogP contribution in [-0.2, 0) is 14.6 Å². The number of nitrogens with one attached hydrogen (secondary N) is 1. The second kappa shape index (κ2) is 10.2. The van der Waals surface area contributed by atoms with Gasteiger partial charge in [0.05, 0.1) is 18.9 Å². The molecule has 0 unspecified atom stereocenters. The number of thiophene rings is 1. The fourth-order valence-corrected chi connectivity index (χ4v) is 6.77. The van der Waals surface area contributed by atoms with E-state index in [1.807, 2.05) is 24.3 Å². The van der Waals surface area contributed by atoms with Crippen molar-refractivity contribution >= 4 is 44.7 Å². The van der Waals surface area contributed by atoms with Crippen molar-refractivity contribution in [2.45, 2.75) is 20.2 Å². The van der Waals surface area contributed by atoms with Gasteiger partial charge in [0.1, 0.15) is 5.84 Å². The quantitative estimate of drug-likeness (QED) is 0.239. The number of halogens is 3. The largest absolute Gasteiger partial charge is 0.490 e. The molecule has 8 nitrogen and oxygen atoms in total. The summed E-state index contributed by atoms with van der Waals surface area (Å²) < 4.78 is 69.6. The first-order valence-electron chi connectivity index (χ1n) is 9.42. The Morgan fingerprint density at radius 1 is 1.11 bits per heavy atom. The predicted octanol–water partition coefficient (Wildman–Crippen LogP) is 4.62. The number of thioether (sulfide) groups is 1. The normalized spacial score (nSPS) is 12.6. The molecule has 186 valence electrons. The highest BCUT2D eigenvalue weighted by Gasteiger charge is 2.38. The molecule has 3 aromatic rings. The maximum absolute atomic E-state index is 13.3. The summed E-state index contributed by atoms with van der Waals surface area (Å²) in [5.41, 5.74) is 7.14. The van der Waals surface area contributed by atoms with E-state index in [4.69, 9.17) is 30.5 Å². The van der Waals surface area contributed by atoms with E-state index in [-0.39, 0.29) is 22.4 Å². The van der Waals surface area contributed by atoms with Gasteiger partial charge in [-0.15, -0.1) is 23.1 Å². The molecular formula is C21H17F3N2O6S3. The first-order valence-corrected chi connectivity index (χ1v) is 12.9. The third-order valence-corrected chi connectivity index (χ3v) is 8.84. The van der Waals surface area contributed by atoms with Crippen LogP contribution in [0.5, 0.6) is 11.5 Å². The lowest BCUT2D eigenvalue weighted by molar-refractivity contribution is -0.192. The molecular weight excluding hydrogens is 529 g/mol. The van der Waals surface area contributed by atoms with Crippen LogP contribution < -0.4 is 15.2 Å². The van der Waals surface area contributed by atoms with Crippen molar-refractivity contribution in [2.75, 3.05) is 13.0 Å². The molecule has 1 aromatic heterocycles. The number of hydrogen-bond donors (Lipinski definition) is 3. The molecule has 0 saturated carbocycles. The van der Waals surface area contributed by atoms with E-state index in [1.165, 1.54) is 29.2 Å². The molecule has 1 aliphatic rings. The smallest absolute Gasteiger partial charge is 0.475 e. The van der Waals surface area contributed by atoms with Gasteiger partial charge in [-0.1, -0.05) is 18.2 Å². The van der Waals surface area contributed by atoms with Crippen molar-refractivity contribution in [1.82, 2.24) is 0 Å². The number of ether oxygens (including phenoxy) is 2. The number of fused-ring (bicyclic) bond motifs is 1. The van der Waals surface area contributed by atoms with E-state index >= 15 is 0 Å². The summed E-state index contributed by atoms with van der Waals surface area (Å²) in [7, 11) is -3.76. The second-order valence-electron chi connectivity index (χ2n) is 6.78. The van der Waals surface area contributed by atoms with E-state index in [0.29, 0.717) is 20.6 Å². The Morgan fingerprint density at radius 3 is 2.34 bits per heavy atom. The topological polar surface area (TPSA) is 140 Å². The molecule has 2 aromatic carbocycles.